The highest BCUT2D eigenvalue weighted by Crippen LogP contribution is 2.31. The molecule has 0 aliphatic heterocycles. The van der Waals surface area contributed by atoms with E-state index in [1.54, 1.807) is 19.1 Å². The molecular weight excluding hydrogens is 368 g/mol. The molecule has 146 valence electrons. The van der Waals surface area contributed by atoms with Crippen molar-refractivity contribution in [3.8, 4) is 11.5 Å². The highest BCUT2D eigenvalue weighted by atomic mass is 32.2. The van der Waals surface area contributed by atoms with Crippen molar-refractivity contribution in [3.05, 3.63) is 42.0 Å². The van der Waals surface area contributed by atoms with Gasteiger partial charge >= 0.3 is 0 Å². The number of benzene rings is 2. The average molecular weight is 392 g/mol. The smallest absolute Gasteiger partial charge is 0.262 e. The highest BCUT2D eigenvalue weighted by molar-refractivity contribution is 7.92. The van der Waals surface area contributed by atoms with Crippen LogP contribution in [0.25, 0.3) is 0 Å². The van der Waals surface area contributed by atoms with Crippen molar-refractivity contribution in [3.63, 3.8) is 0 Å². The molecule has 2 rings (SSSR count). The summed E-state index contributed by atoms with van der Waals surface area (Å²) in [7, 11) is -2.43. The number of carbonyl (C=O) groups is 1. The van der Waals surface area contributed by atoms with E-state index < -0.39 is 10.0 Å². The Balaban J connectivity index is 2.42. The summed E-state index contributed by atoms with van der Waals surface area (Å²) in [5.74, 6) is 0.583. The van der Waals surface area contributed by atoms with Crippen molar-refractivity contribution in [1.29, 1.82) is 0 Å². The molecule has 8 heteroatoms. The van der Waals surface area contributed by atoms with Crippen LogP contribution in [0.3, 0.4) is 0 Å². The molecule has 0 aliphatic carbocycles. The zero-order chi connectivity index (χ0) is 20.0. The van der Waals surface area contributed by atoms with Gasteiger partial charge in [-0.25, -0.2) is 8.42 Å². The number of rotatable bonds is 8. The zero-order valence-corrected chi connectivity index (χ0v) is 16.6. The predicted octanol–water partition coefficient (Wildman–Crippen LogP) is 3.55. The molecule has 0 spiro atoms. The summed E-state index contributed by atoms with van der Waals surface area (Å²) in [5.41, 5.74) is 1.53. The molecule has 0 saturated heterocycles. The van der Waals surface area contributed by atoms with Crippen molar-refractivity contribution >= 4 is 27.3 Å². The summed E-state index contributed by atoms with van der Waals surface area (Å²) in [6, 6.07) is 9.53. The predicted molar refractivity (Wildman–Crippen MR) is 105 cm³/mol. The van der Waals surface area contributed by atoms with Crippen molar-refractivity contribution in [2.24, 2.45) is 0 Å². The number of carbonyl (C=O) groups excluding carboxylic acids is 1. The van der Waals surface area contributed by atoms with E-state index in [0.717, 1.165) is 5.56 Å². The SMILES string of the molecule is CCOc1ccc(S(=O)(=O)Nc2cc(C)ccc2OC)cc1NC(=O)CC. The Labute approximate surface area is 159 Å². The lowest BCUT2D eigenvalue weighted by Gasteiger charge is -2.15. The van der Waals surface area contributed by atoms with Gasteiger partial charge in [-0.2, -0.15) is 0 Å². The summed E-state index contributed by atoms with van der Waals surface area (Å²) in [4.78, 5) is 11.8. The normalized spacial score (nSPS) is 11.0. The Bertz CT molecular complexity index is 926. The molecule has 0 bridgehead atoms. The third-order valence-electron chi connectivity index (χ3n) is 3.76. The number of anilines is 2. The summed E-state index contributed by atoms with van der Waals surface area (Å²) >= 11 is 0. The second-order valence-corrected chi connectivity index (χ2v) is 7.48. The molecular formula is C19H24N2O5S. The molecule has 0 fully saturated rings. The maximum absolute atomic E-state index is 12.8. The Morgan fingerprint density at radius 1 is 1.04 bits per heavy atom. The van der Waals surface area contributed by atoms with Crippen LogP contribution in [0.4, 0.5) is 11.4 Å². The number of aryl methyl sites for hydroxylation is 1. The minimum atomic E-state index is -3.90. The summed E-state index contributed by atoms with van der Waals surface area (Å²) in [5, 5.41) is 2.67. The molecule has 0 radical (unpaired) electrons. The van der Waals surface area contributed by atoms with Crippen LogP contribution in [-0.4, -0.2) is 28.0 Å². The first-order valence-electron chi connectivity index (χ1n) is 8.54. The van der Waals surface area contributed by atoms with Crippen LogP contribution in [0, 0.1) is 6.92 Å². The molecule has 0 aliphatic rings. The molecule has 0 atom stereocenters. The van der Waals surface area contributed by atoms with Crippen molar-refractivity contribution in [1.82, 2.24) is 0 Å². The number of hydrogen-bond acceptors (Lipinski definition) is 5. The topological polar surface area (TPSA) is 93.7 Å². The van der Waals surface area contributed by atoms with Gasteiger partial charge in [-0.3, -0.25) is 9.52 Å². The van der Waals surface area contributed by atoms with Gasteiger partial charge in [-0.05, 0) is 49.7 Å². The van der Waals surface area contributed by atoms with Crippen LogP contribution in [0.2, 0.25) is 0 Å². The number of hydrogen-bond donors (Lipinski definition) is 2. The van der Waals surface area contributed by atoms with Gasteiger partial charge in [-0.1, -0.05) is 13.0 Å². The first kappa shape index (κ1) is 20.6. The van der Waals surface area contributed by atoms with Gasteiger partial charge < -0.3 is 14.8 Å². The quantitative estimate of drug-likeness (QED) is 0.716. The molecule has 0 heterocycles. The summed E-state index contributed by atoms with van der Waals surface area (Å²) < 4.78 is 38.9. The number of methoxy groups -OCH3 is 1. The van der Waals surface area contributed by atoms with Crippen LogP contribution >= 0.6 is 0 Å². The van der Waals surface area contributed by atoms with Crippen LogP contribution < -0.4 is 19.5 Å². The standard InChI is InChI=1S/C19H24N2O5S/c1-5-19(22)20-15-12-14(8-10-18(15)26-6-2)27(23,24)21-16-11-13(3)7-9-17(16)25-4/h7-12,21H,5-6H2,1-4H3,(H,20,22). The molecule has 7 nitrogen and oxygen atoms in total. The molecule has 0 unspecified atom stereocenters. The Hall–Kier alpha value is -2.74. The minimum Gasteiger partial charge on any atom is -0.495 e. The largest absolute Gasteiger partial charge is 0.495 e. The molecule has 2 aromatic carbocycles. The van der Waals surface area contributed by atoms with Gasteiger partial charge in [0.2, 0.25) is 5.91 Å². The first-order chi connectivity index (χ1) is 12.8. The lowest BCUT2D eigenvalue weighted by molar-refractivity contribution is -0.115. The van der Waals surface area contributed by atoms with Gasteiger partial charge in [0.1, 0.15) is 11.5 Å². The van der Waals surface area contributed by atoms with E-state index in [9.17, 15) is 13.2 Å². The third kappa shape index (κ3) is 5.13. The maximum Gasteiger partial charge on any atom is 0.262 e. The van der Waals surface area contributed by atoms with Gasteiger partial charge in [0.05, 0.1) is 30.0 Å². The van der Waals surface area contributed by atoms with Crippen LogP contribution in [0.15, 0.2) is 41.3 Å². The van der Waals surface area contributed by atoms with E-state index in [0.29, 0.717) is 29.5 Å². The molecule has 27 heavy (non-hydrogen) atoms. The summed E-state index contributed by atoms with van der Waals surface area (Å²) in [6.07, 6.45) is 0.265. The average Bonchev–Trinajstić information content (AvgIpc) is 2.63. The van der Waals surface area contributed by atoms with Crippen LogP contribution in [0.1, 0.15) is 25.8 Å². The molecule has 2 aromatic rings. The molecule has 0 aromatic heterocycles. The van der Waals surface area contributed by atoms with Gasteiger partial charge in [-0.15, -0.1) is 0 Å². The van der Waals surface area contributed by atoms with E-state index in [1.807, 2.05) is 19.9 Å². The Kier molecular flexibility index (Phi) is 6.68. The van der Waals surface area contributed by atoms with Crippen LogP contribution in [0.5, 0.6) is 11.5 Å². The third-order valence-corrected chi connectivity index (χ3v) is 5.12. The van der Waals surface area contributed by atoms with Crippen LogP contribution in [-0.2, 0) is 14.8 Å². The van der Waals surface area contributed by atoms with Gasteiger partial charge in [0.25, 0.3) is 10.0 Å². The van der Waals surface area contributed by atoms with E-state index >= 15 is 0 Å². The second-order valence-electron chi connectivity index (χ2n) is 5.80. The molecule has 1 amide bonds. The maximum atomic E-state index is 12.8. The Morgan fingerprint density at radius 2 is 1.74 bits per heavy atom. The van der Waals surface area contributed by atoms with Crippen molar-refractivity contribution in [2.45, 2.75) is 32.1 Å². The minimum absolute atomic E-state index is 0.000848. The van der Waals surface area contributed by atoms with E-state index in [4.69, 9.17) is 9.47 Å². The lowest BCUT2D eigenvalue weighted by Crippen LogP contribution is -2.16. The second kappa shape index (κ2) is 8.77. The fraction of sp³-hybridized carbons (Fsp3) is 0.316. The van der Waals surface area contributed by atoms with Gasteiger partial charge in [0.15, 0.2) is 0 Å². The van der Waals surface area contributed by atoms with E-state index in [2.05, 4.69) is 10.0 Å². The first-order valence-corrected chi connectivity index (χ1v) is 10.0. The van der Waals surface area contributed by atoms with Crippen molar-refractivity contribution < 1.29 is 22.7 Å². The molecule has 0 saturated carbocycles. The number of sulfonamides is 1. The van der Waals surface area contributed by atoms with E-state index in [-0.39, 0.29) is 17.2 Å². The van der Waals surface area contributed by atoms with Crippen molar-refractivity contribution in [2.75, 3.05) is 23.8 Å². The fourth-order valence-electron chi connectivity index (χ4n) is 2.40. The van der Waals surface area contributed by atoms with Gasteiger partial charge in [0, 0.05) is 6.42 Å². The monoisotopic (exact) mass is 392 g/mol. The fourth-order valence-corrected chi connectivity index (χ4v) is 3.49. The summed E-state index contributed by atoms with van der Waals surface area (Å²) in [6.45, 7) is 5.76. The lowest BCUT2D eigenvalue weighted by atomic mass is 10.2. The highest BCUT2D eigenvalue weighted by Gasteiger charge is 2.19. The number of amides is 1. The number of nitrogens with one attached hydrogen (secondary N) is 2. The number of ether oxygens (including phenoxy) is 2. The zero-order valence-electron chi connectivity index (χ0n) is 15.8. The Morgan fingerprint density at radius 3 is 2.37 bits per heavy atom. The van der Waals surface area contributed by atoms with E-state index in [1.165, 1.54) is 25.3 Å². The molecule has 2 N–H and O–H groups in total.